The molecule has 4 rings (SSSR count). The quantitative estimate of drug-likeness (QED) is 0.724. The molecule has 0 radical (unpaired) electrons. The van der Waals surface area contributed by atoms with Gasteiger partial charge in [-0.2, -0.15) is 0 Å². The summed E-state index contributed by atoms with van der Waals surface area (Å²) in [7, 11) is -3.57. The van der Waals surface area contributed by atoms with Gasteiger partial charge in [0.1, 0.15) is 5.75 Å². The summed E-state index contributed by atoms with van der Waals surface area (Å²) in [6.07, 6.45) is 1.14. The standard InChI is InChI=1S/C22H27N3O4S/c26-22(8-10-23-30(27,28)20-4-2-1-3-5-20)25-13-11-24(12-14-25)17-18-6-7-21-19(16-18)9-15-29-21/h1-7,16,23H,8-15,17H2. The number of amides is 1. The van der Waals surface area contributed by atoms with Gasteiger partial charge < -0.3 is 9.64 Å². The Labute approximate surface area is 177 Å². The summed E-state index contributed by atoms with van der Waals surface area (Å²) >= 11 is 0. The number of hydrogen-bond acceptors (Lipinski definition) is 5. The van der Waals surface area contributed by atoms with E-state index < -0.39 is 10.0 Å². The predicted octanol–water partition coefficient (Wildman–Crippen LogP) is 1.63. The van der Waals surface area contributed by atoms with Crippen LogP contribution in [0, 0.1) is 0 Å². The number of nitrogens with one attached hydrogen (secondary N) is 1. The number of sulfonamides is 1. The molecule has 0 spiro atoms. The summed E-state index contributed by atoms with van der Waals surface area (Å²) in [5.41, 5.74) is 2.55. The van der Waals surface area contributed by atoms with E-state index in [0.29, 0.717) is 13.1 Å². The topological polar surface area (TPSA) is 79.0 Å². The molecule has 2 aromatic carbocycles. The maximum absolute atomic E-state index is 12.5. The fourth-order valence-corrected chi connectivity index (χ4v) is 4.94. The molecule has 0 atom stereocenters. The molecular weight excluding hydrogens is 402 g/mol. The average molecular weight is 430 g/mol. The number of carbonyl (C=O) groups is 1. The van der Waals surface area contributed by atoms with Crippen molar-refractivity contribution < 1.29 is 17.9 Å². The Balaban J connectivity index is 1.21. The van der Waals surface area contributed by atoms with Crippen molar-refractivity contribution in [1.82, 2.24) is 14.5 Å². The van der Waals surface area contributed by atoms with Crippen LogP contribution < -0.4 is 9.46 Å². The zero-order valence-corrected chi connectivity index (χ0v) is 17.7. The second-order valence-electron chi connectivity index (χ2n) is 7.66. The van der Waals surface area contributed by atoms with E-state index in [4.69, 9.17) is 4.74 Å². The molecule has 1 fully saturated rings. The molecule has 0 unspecified atom stereocenters. The molecule has 2 aromatic rings. The van der Waals surface area contributed by atoms with Crippen LogP contribution in [-0.4, -0.2) is 63.5 Å². The SMILES string of the molecule is O=C(CCNS(=O)(=O)c1ccccc1)N1CCN(Cc2ccc3c(c2)CCO3)CC1. The van der Waals surface area contributed by atoms with Crippen molar-refractivity contribution >= 4 is 15.9 Å². The Bertz CT molecular complexity index is 987. The molecule has 2 aliphatic heterocycles. The Morgan fingerprint density at radius 1 is 1.03 bits per heavy atom. The Morgan fingerprint density at radius 3 is 2.57 bits per heavy atom. The van der Waals surface area contributed by atoms with Gasteiger partial charge in [0.25, 0.3) is 0 Å². The molecule has 7 nitrogen and oxygen atoms in total. The van der Waals surface area contributed by atoms with Crippen molar-refractivity contribution in [3.05, 3.63) is 59.7 Å². The van der Waals surface area contributed by atoms with E-state index in [-0.39, 0.29) is 23.8 Å². The monoisotopic (exact) mass is 429 g/mol. The third kappa shape index (κ3) is 5.00. The van der Waals surface area contributed by atoms with Gasteiger partial charge in [-0.25, -0.2) is 13.1 Å². The van der Waals surface area contributed by atoms with E-state index in [9.17, 15) is 13.2 Å². The van der Waals surface area contributed by atoms with Crippen LogP contribution in [0.25, 0.3) is 0 Å². The fraction of sp³-hybridized carbons (Fsp3) is 0.409. The van der Waals surface area contributed by atoms with Gasteiger partial charge in [0.05, 0.1) is 11.5 Å². The van der Waals surface area contributed by atoms with Gasteiger partial charge in [-0.15, -0.1) is 0 Å². The largest absolute Gasteiger partial charge is 0.493 e. The Kier molecular flexibility index (Phi) is 6.36. The zero-order chi connectivity index (χ0) is 21.0. The first-order valence-electron chi connectivity index (χ1n) is 10.3. The first kappa shape index (κ1) is 20.8. The second kappa shape index (κ2) is 9.16. The highest BCUT2D eigenvalue weighted by atomic mass is 32.2. The summed E-state index contributed by atoms with van der Waals surface area (Å²) in [5, 5.41) is 0. The molecule has 1 amide bonds. The van der Waals surface area contributed by atoms with E-state index >= 15 is 0 Å². The Hall–Kier alpha value is -2.42. The highest BCUT2D eigenvalue weighted by Gasteiger charge is 2.22. The maximum atomic E-state index is 12.5. The molecular formula is C22H27N3O4S. The molecule has 1 N–H and O–H groups in total. The highest BCUT2D eigenvalue weighted by molar-refractivity contribution is 7.89. The molecule has 0 saturated carbocycles. The van der Waals surface area contributed by atoms with Gasteiger partial charge in [-0.3, -0.25) is 9.69 Å². The first-order chi connectivity index (χ1) is 14.5. The number of hydrogen-bond donors (Lipinski definition) is 1. The van der Waals surface area contributed by atoms with Gasteiger partial charge in [0.15, 0.2) is 0 Å². The van der Waals surface area contributed by atoms with Crippen molar-refractivity contribution in [2.75, 3.05) is 39.3 Å². The molecule has 160 valence electrons. The summed E-state index contributed by atoms with van der Waals surface area (Å²) in [6.45, 7) is 4.70. The number of ether oxygens (including phenoxy) is 1. The summed E-state index contributed by atoms with van der Waals surface area (Å²) in [6, 6.07) is 14.6. The third-order valence-electron chi connectivity index (χ3n) is 5.57. The zero-order valence-electron chi connectivity index (χ0n) is 16.9. The van der Waals surface area contributed by atoms with Gasteiger partial charge in [0.2, 0.25) is 15.9 Å². The molecule has 8 heteroatoms. The van der Waals surface area contributed by atoms with Crippen molar-refractivity contribution in [2.24, 2.45) is 0 Å². The number of rotatable bonds is 7. The lowest BCUT2D eigenvalue weighted by atomic mass is 10.1. The average Bonchev–Trinajstić information content (AvgIpc) is 3.23. The smallest absolute Gasteiger partial charge is 0.240 e. The number of fused-ring (bicyclic) bond motifs is 1. The van der Waals surface area contributed by atoms with Crippen molar-refractivity contribution in [1.29, 1.82) is 0 Å². The molecule has 0 aromatic heterocycles. The van der Waals surface area contributed by atoms with Crippen LogP contribution in [0.5, 0.6) is 5.75 Å². The minimum absolute atomic E-state index is 0.0138. The third-order valence-corrected chi connectivity index (χ3v) is 7.05. The summed E-state index contributed by atoms with van der Waals surface area (Å²) < 4.78 is 32.5. The molecule has 2 heterocycles. The molecule has 30 heavy (non-hydrogen) atoms. The van der Waals surface area contributed by atoms with E-state index in [1.54, 1.807) is 18.2 Å². The van der Waals surface area contributed by atoms with Gasteiger partial charge in [-0.1, -0.05) is 30.3 Å². The van der Waals surface area contributed by atoms with Crippen molar-refractivity contribution in [2.45, 2.75) is 24.3 Å². The molecule has 0 aliphatic carbocycles. The second-order valence-corrected chi connectivity index (χ2v) is 9.43. The van der Waals surface area contributed by atoms with Crippen LogP contribution in [0.3, 0.4) is 0 Å². The lowest BCUT2D eigenvalue weighted by Crippen LogP contribution is -2.48. The molecule has 1 saturated heterocycles. The first-order valence-corrected chi connectivity index (χ1v) is 11.8. The summed E-state index contributed by atoms with van der Waals surface area (Å²) in [5.74, 6) is 0.983. The van der Waals surface area contributed by atoms with E-state index in [2.05, 4.69) is 21.8 Å². The minimum atomic E-state index is -3.57. The molecule has 0 bridgehead atoms. The van der Waals surface area contributed by atoms with Crippen LogP contribution in [0.1, 0.15) is 17.5 Å². The van der Waals surface area contributed by atoms with E-state index in [1.807, 2.05) is 11.0 Å². The van der Waals surface area contributed by atoms with Crippen LogP contribution in [0.4, 0.5) is 0 Å². The van der Waals surface area contributed by atoms with Crippen LogP contribution in [0.2, 0.25) is 0 Å². The van der Waals surface area contributed by atoms with Gasteiger partial charge >= 0.3 is 0 Å². The van der Waals surface area contributed by atoms with E-state index in [0.717, 1.165) is 38.4 Å². The maximum Gasteiger partial charge on any atom is 0.240 e. The summed E-state index contributed by atoms with van der Waals surface area (Å²) in [4.78, 5) is 16.9. The minimum Gasteiger partial charge on any atom is -0.493 e. The van der Waals surface area contributed by atoms with Crippen molar-refractivity contribution in [3.8, 4) is 5.75 Å². The number of nitrogens with zero attached hydrogens (tertiary/aromatic N) is 2. The van der Waals surface area contributed by atoms with Crippen LogP contribution in [0.15, 0.2) is 53.4 Å². The predicted molar refractivity (Wildman–Crippen MR) is 114 cm³/mol. The van der Waals surface area contributed by atoms with Gasteiger partial charge in [0, 0.05) is 52.1 Å². The normalized spacial score (nSPS) is 16.9. The number of piperazine rings is 1. The van der Waals surface area contributed by atoms with Crippen LogP contribution >= 0.6 is 0 Å². The number of carbonyl (C=O) groups excluding carboxylic acids is 1. The van der Waals surface area contributed by atoms with Crippen molar-refractivity contribution in [3.63, 3.8) is 0 Å². The Morgan fingerprint density at radius 2 is 1.80 bits per heavy atom. The number of benzene rings is 2. The lowest BCUT2D eigenvalue weighted by Gasteiger charge is -2.35. The van der Waals surface area contributed by atoms with Gasteiger partial charge in [-0.05, 0) is 29.3 Å². The molecule has 2 aliphatic rings. The highest BCUT2D eigenvalue weighted by Crippen LogP contribution is 2.26. The lowest BCUT2D eigenvalue weighted by molar-refractivity contribution is -0.132. The van der Waals surface area contributed by atoms with E-state index in [1.165, 1.54) is 23.3 Å². The van der Waals surface area contributed by atoms with Crippen LogP contribution in [-0.2, 0) is 27.8 Å². The fourth-order valence-electron chi connectivity index (χ4n) is 3.89.